The van der Waals surface area contributed by atoms with Crippen molar-refractivity contribution in [3.63, 3.8) is 0 Å². The first-order valence-corrected chi connectivity index (χ1v) is 7.20. The lowest BCUT2D eigenvalue weighted by Gasteiger charge is -2.17. The maximum Gasteiger partial charge on any atom is 0.107 e. The fraction of sp³-hybridized carbons (Fsp3) is 0.750. The van der Waals surface area contributed by atoms with Gasteiger partial charge in [-0.2, -0.15) is 0 Å². The van der Waals surface area contributed by atoms with E-state index in [9.17, 15) is 0 Å². The molecule has 5 heteroatoms. The van der Waals surface area contributed by atoms with E-state index in [0.717, 1.165) is 52.4 Å². The number of nitrogens with one attached hydrogen (secondary N) is 1. The quantitative estimate of drug-likeness (QED) is 0.864. The van der Waals surface area contributed by atoms with Crippen LogP contribution in [0.15, 0.2) is 5.38 Å². The molecule has 96 valence electrons. The molecule has 1 aromatic heterocycles. The van der Waals surface area contributed by atoms with E-state index in [0.29, 0.717) is 0 Å². The summed E-state index contributed by atoms with van der Waals surface area (Å²) in [5.41, 5.74) is 1.20. The average Bonchev–Trinajstić information content (AvgIpc) is 2.61. The molecule has 1 N–H and O–H groups in total. The van der Waals surface area contributed by atoms with Gasteiger partial charge in [-0.25, -0.2) is 4.98 Å². The van der Waals surface area contributed by atoms with Crippen LogP contribution in [0.2, 0.25) is 0 Å². The molecule has 0 unspecified atom stereocenters. The smallest absolute Gasteiger partial charge is 0.107 e. The third-order valence-electron chi connectivity index (χ3n) is 2.83. The summed E-state index contributed by atoms with van der Waals surface area (Å²) in [6.07, 6.45) is 1.13. The van der Waals surface area contributed by atoms with Gasteiger partial charge in [-0.1, -0.05) is 6.92 Å². The Morgan fingerprint density at radius 1 is 1.47 bits per heavy atom. The van der Waals surface area contributed by atoms with Crippen LogP contribution in [0.5, 0.6) is 0 Å². The van der Waals surface area contributed by atoms with Crippen LogP contribution >= 0.6 is 11.3 Å². The van der Waals surface area contributed by atoms with Gasteiger partial charge < -0.3 is 10.1 Å². The topological polar surface area (TPSA) is 37.4 Å². The van der Waals surface area contributed by atoms with Gasteiger partial charge in [0.05, 0.1) is 12.3 Å². The third-order valence-corrected chi connectivity index (χ3v) is 3.72. The summed E-state index contributed by atoms with van der Waals surface area (Å²) in [7, 11) is 0. The van der Waals surface area contributed by atoms with Gasteiger partial charge in [0, 0.05) is 38.2 Å². The van der Waals surface area contributed by atoms with Crippen molar-refractivity contribution in [2.45, 2.75) is 26.4 Å². The number of nitrogens with zero attached hydrogens (tertiary/aromatic N) is 2. The molecule has 1 aliphatic heterocycles. The van der Waals surface area contributed by atoms with Crippen molar-refractivity contribution in [3.05, 3.63) is 16.1 Å². The number of rotatable bonds is 5. The third kappa shape index (κ3) is 4.35. The molecule has 2 heterocycles. The van der Waals surface area contributed by atoms with Crippen molar-refractivity contribution in [2.24, 2.45) is 0 Å². The van der Waals surface area contributed by atoms with Gasteiger partial charge in [0.15, 0.2) is 0 Å². The van der Waals surface area contributed by atoms with E-state index in [1.165, 1.54) is 10.7 Å². The van der Waals surface area contributed by atoms with E-state index in [1.54, 1.807) is 11.3 Å². The lowest BCUT2D eigenvalue weighted by molar-refractivity contribution is 0.140. The van der Waals surface area contributed by atoms with Crippen molar-refractivity contribution < 1.29 is 4.74 Å². The monoisotopic (exact) mass is 255 g/mol. The summed E-state index contributed by atoms with van der Waals surface area (Å²) in [6.45, 7) is 8.88. The SMILES string of the molecule is CCNCc1nc(CN2CCCOCC2)cs1. The Hall–Kier alpha value is -0.490. The van der Waals surface area contributed by atoms with E-state index in [4.69, 9.17) is 4.74 Å². The molecule has 0 saturated carbocycles. The lowest BCUT2D eigenvalue weighted by Crippen LogP contribution is -2.26. The molecule has 0 radical (unpaired) electrons. The van der Waals surface area contributed by atoms with Crippen molar-refractivity contribution in [3.8, 4) is 0 Å². The Morgan fingerprint density at radius 3 is 3.29 bits per heavy atom. The van der Waals surface area contributed by atoms with Gasteiger partial charge in [0.25, 0.3) is 0 Å². The zero-order valence-corrected chi connectivity index (χ0v) is 11.3. The molecule has 0 aliphatic carbocycles. The molecule has 0 atom stereocenters. The lowest BCUT2D eigenvalue weighted by atomic mass is 10.3. The molecule has 0 amide bonds. The van der Waals surface area contributed by atoms with Crippen LogP contribution in [0, 0.1) is 0 Å². The number of hydrogen-bond acceptors (Lipinski definition) is 5. The van der Waals surface area contributed by atoms with Crippen LogP contribution in [-0.2, 0) is 17.8 Å². The van der Waals surface area contributed by atoms with Crippen molar-refractivity contribution in [2.75, 3.05) is 32.8 Å². The van der Waals surface area contributed by atoms with Gasteiger partial charge in [0.1, 0.15) is 5.01 Å². The molecule has 4 nitrogen and oxygen atoms in total. The number of ether oxygens (including phenoxy) is 1. The Morgan fingerprint density at radius 2 is 2.41 bits per heavy atom. The summed E-state index contributed by atoms with van der Waals surface area (Å²) in [5.74, 6) is 0. The summed E-state index contributed by atoms with van der Waals surface area (Å²) < 4.78 is 5.45. The normalized spacial score (nSPS) is 18.2. The minimum Gasteiger partial charge on any atom is -0.380 e. The molecule has 2 rings (SSSR count). The second-order valence-corrected chi connectivity index (χ2v) is 5.20. The summed E-state index contributed by atoms with van der Waals surface area (Å²) in [4.78, 5) is 7.08. The highest BCUT2D eigenvalue weighted by molar-refractivity contribution is 7.09. The van der Waals surface area contributed by atoms with Crippen LogP contribution in [0.25, 0.3) is 0 Å². The highest BCUT2D eigenvalue weighted by Crippen LogP contribution is 2.12. The van der Waals surface area contributed by atoms with E-state index in [2.05, 4.69) is 27.5 Å². The van der Waals surface area contributed by atoms with Crippen LogP contribution in [0.1, 0.15) is 24.0 Å². The molecular weight excluding hydrogens is 234 g/mol. The predicted octanol–water partition coefficient (Wildman–Crippen LogP) is 1.47. The van der Waals surface area contributed by atoms with Crippen molar-refractivity contribution in [1.82, 2.24) is 15.2 Å². The van der Waals surface area contributed by atoms with Gasteiger partial charge in [-0.3, -0.25) is 4.90 Å². The Labute approximate surface area is 107 Å². The minimum atomic E-state index is 0.856. The second-order valence-electron chi connectivity index (χ2n) is 4.25. The van der Waals surface area contributed by atoms with Crippen molar-refractivity contribution >= 4 is 11.3 Å². The highest BCUT2D eigenvalue weighted by Gasteiger charge is 2.11. The number of hydrogen-bond donors (Lipinski definition) is 1. The minimum absolute atomic E-state index is 0.856. The summed E-state index contributed by atoms with van der Waals surface area (Å²) >= 11 is 1.75. The Bertz CT molecular complexity index is 321. The van der Waals surface area contributed by atoms with Crippen LogP contribution in [-0.4, -0.2) is 42.7 Å². The van der Waals surface area contributed by atoms with Crippen LogP contribution < -0.4 is 5.32 Å². The molecule has 1 fully saturated rings. The van der Waals surface area contributed by atoms with E-state index in [-0.39, 0.29) is 0 Å². The Kier molecular flexibility index (Phi) is 5.38. The molecule has 1 aliphatic rings. The van der Waals surface area contributed by atoms with Crippen molar-refractivity contribution in [1.29, 1.82) is 0 Å². The van der Waals surface area contributed by atoms with E-state index in [1.807, 2.05) is 0 Å². The second kappa shape index (κ2) is 7.06. The molecule has 0 bridgehead atoms. The molecule has 0 spiro atoms. The summed E-state index contributed by atoms with van der Waals surface area (Å²) in [5, 5.41) is 6.67. The Balaban J connectivity index is 1.82. The standard InChI is InChI=1S/C12H21N3OS/c1-2-13-8-12-14-11(10-17-12)9-15-4-3-6-16-7-5-15/h10,13H,2-9H2,1H3. The molecule has 1 saturated heterocycles. The average molecular weight is 255 g/mol. The van der Waals surface area contributed by atoms with Crippen LogP contribution in [0.3, 0.4) is 0 Å². The largest absolute Gasteiger partial charge is 0.380 e. The molecular formula is C12H21N3OS. The molecule has 1 aromatic rings. The molecule has 17 heavy (non-hydrogen) atoms. The van der Waals surface area contributed by atoms with Crippen LogP contribution in [0.4, 0.5) is 0 Å². The van der Waals surface area contributed by atoms with Gasteiger partial charge in [-0.15, -0.1) is 11.3 Å². The summed E-state index contributed by atoms with van der Waals surface area (Å²) in [6, 6.07) is 0. The maximum atomic E-state index is 5.45. The first-order valence-electron chi connectivity index (χ1n) is 6.32. The van der Waals surface area contributed by atoms with Gasteiger partial charge in [0.2, 0.25) is 0 Å². The zero-order valence-electron chi connectivity index (χ0n) is 10.4. The van der Waals surface area contributed by atoms with E-state index >= 15 is 0 Å². The molecule has 0 aromatic carbocycles. The maximum absolute atomic E-state index is 5.45. The fourth-order valence-electron chi connectivity index (χ4n) is 1.92. The fourth-order valence-corrected chi connectivity index (χ4v) is 2.67. The predicted molar refractivity (Wildman–Crippen MR) is 70.2 cm³/mol. The van der Waals surface area contributed by atoms with Gasteiger partial charge >= 0.3 is 0 Å². The van der Waals surface area contributed by atoms with Gasteiger partial charge in [-0.05, 0) is 13.0 Å². The number of aromatic nitrogens is 1. The highest BCUT2D eigenvalue weighted by atomic mass is 32.1. The first kappa shape index (κ1) is 13.0. The first-order chi connectivity index (χ1) is 8.38. The zero-order chi connectivity index (χ0) is 11.9. The number of thiazole rings is 1. The van der Waals surface area contributed by atoms with E-state index < -0.39 is 0 Å².